The first-order valence-electron chi connectivity index (χ1n) is 3.84. The number of hydrogen-bond acceptors (Lipinski definition) is 3. The molecule has 0 saturated carbocycles. The molecule has 0 aliphatic carbocycles. The molecule has 1 heterocycles. The Labute approximate surface area is 71.1 Å². The zero-order valence-electron chi connectivity index (χ0n) is 6.88. The van der Waals surface area contributed by atoms with E-state index in [2.05, 4.69) is 11.6 Å². The number of aliphatic imine (C=N–C) groups is 1. The van der Waals surface area contributed by atoms with Crippen LogP contribution in [-0.2, 0) is 9.53 Å². The predicted molar refractivity (Wildman–Crippen MR) is 45.8 cm³/mol. The fraction of sp³-hybridized carbons (Fsp3) is 0.500. The number of ether oxygens (including phenoxy) is 1. The molecule has 12 heavy (non-hydrogen) atoms. The van der Waals surface area contributed by atoms with Crippen molar-refractivity contribution < 1.29 is 9.53 Å². The van der Waals surface area contributed by atoms with E-state index in [-0.39, 0.29) is 0 Å². The van der Waals surface area contributed by atoms with E-state index in [1.807, 2.05) is 0 Å². The maximum absolute atomic E-state index is 10.6. The first kappa shape index (κ1) is 8.77. The normalized spacial score (nSPS) is 16.2. The van der Waals surface area contributed by atoms with Crippen LogP contribution < -0.4 is 5.73 Å². The van der Waals surface area contributed by atoms with Gasteiger partial charge in [-0.1, -0.05) is 6.58 Å². The lowest BCUT2D eigenvalue weighted by Crippen LogP contribution is -2.19. The van der Waals surface area contributed by atoms with Crippen molar-refractivity contribution in [2.75, 3.05) is 13.2 Å². The molecular weight excluding hydrogens is 156 g/mol. The van der Waals surface area contributed by atoms with Crippen molar-refractivity contribution in [3.05, 3.63) is 12.2 Å². The fourth-order valence-electron chi connectivity index (χ4n) is 0.881. The number of carbonyl (C=O) groups is 1. The van der Waals surface area contributed by atoms with Crippen molar-refractivity contribution >= 4 is 11.8 Å². The van der Waals surface area contributed by atoms with E-state index in [9.17, 15) is 4.79 Å². The molecule has 0 aromatic rings. The minimum absolute atomic E-state index is 0.343. The van der Waals surface area contributed by atoms with Crippen molar-refractivity contribution in [2.24, 2.45) is 10.7 Å². The Hall–Kier alpha value is -1.32. The highest BCUT2D eigenvalue weighted by Crippen LogP contribution is 2.05. The van der Waals surface area contributed by atoms with Crippen LogP contribution in [0.4, 0.5) is 0 Å². The highest BCUT2D eigenvalue weighted by atomic mass is 16.5. The molecule has 0 radical (unpaired) electrons. The Kier molecular flexibility index (Phi) is 2.85. The van der Waals surface area contributed by atoms with Crippen molar-refractivity contribution in [2.45, 2.75) is 12.8 Å². The Morgan fingerprint density at radius 2 is 2.50 bits per heavy atom. The summed E-state index contributed by atoms with van der Waals surface area (Å²) in [6.07, 6.45) is 1.28. The van der Waals surface area contributed by atoms with Gasteiger partial charge in [0.2, 0.25) is 5.91 Å². The summed E-state index contributed by atoms with van der Waals surface area (Å²) in [5.41, 5.74) is 5.35. The first-order valence-corrected chi connectivity index (χ1v) is 3.84. The molecule has 0 atom stereocenters. The molecule has 1 aliphatic rings. The lowest BCUT2D eigenvalue weighted by molar-refractivity contribution is -0.114. The summed E-state index contributed by atoms with van der Waals surface area (Å²) in [4.78, 5) is 14.7. The average molecular weight is 168 g/mol. The van der Waals surface area contributed by atoms with Gasteiger partial charge in [-0.2, -0.15) is 0 Å². The zero-order chi connectivity index (χ0) is 8.97. The number of nitrogens with two attached hydrogens (primary N) is 1. The molecule has 1 aliphatic heterocycles. The second kappa shape index (κ2) is 3.90. The molecule has 66 valence electrons. The number of amides is 1. The molecule has 1 amide bonds. The van der Waals surface area contributed by atoms with Gasteiger partial charge in [-0.25, -0.2) is 0 Å². The second-order valence-corrected chi connectivity index (χ2v) is 2.62. The Morgan fingerprint density at radius 3 is 3.00 bits per heavy atom. The smallest absolute Gasteiger partial charge is 0.244 e. The highest BCUT2D eigenvalue weighted by Gasteiger charge is 2.10. The molecule has 0 aromatic heterocycles. The van der Waals surface area contributed by atoms with E-state index in [0.29, 0.717) is 24.5 Å². The third-order valence-corrected chi connectivity index (χ3v) is 1.57. The van der Waals surface area contributed by atoms with Crippen LogP contribution >= 0.6 is 0 Å². The number of carbonyl (C=O) groups excluding carboxylic acids is 1. The van der Waals surface area contributed by atoms with Crippen LogP contribution in [0.5, 0.6) is 0 Å². The fourth-order valence-corrected chi connectivity index (χ4v) is 0.881. The van der Waals surface area contributed by atoms with Gasteiger partial charge in [-0.3, -0.25) is 9.79 Å². The monoisotopic (exact) mass is 168 g/mol. The van der Waals surface area contributed by atoms with Crippen LogP contribution in [0.25, 0.3) is 0 Å². The van der Waals surface area contributed by atoms with E-state index in [1.54, 1.807) is 0 Å². The largest absolute Gasteiger partial charge is 0.481 e. The summed E-state index contributed by atoms with van der Waals surface area (Å²) in [5, 5.41) is 0. The minimum atomic E-state index is -0.494. The zero-order valence-corrected chi connectivity index (χ0v) is 6.88. The molecule has 4 heteroatoms. The lowest BCUT2D eigenvalue weighted by atomic mass is 10.2. The molecule has 4 nitrogen and oxygen atoms in total. The standard InChI is InChI=1S/C8H12N2O2/c1-6(8(9)11)5-7-10-3-2-4-12-7/h1-5H2,(H2,9,11). The van der Waals surface area contributed by atoms with E-state index in [0.717, 1.165) is 13.0 Å². The average Bonchev–Trinajstić information content (AvgIpc) is 2.06. The third-order valence-electron chi connectivity index (χ3n) is 1.57. The van der Waals surface area contributed by atoms with Gasteiger partial charge in [-0.15, -0.1) is 0 Å². The van der Waals surface area contributed by atoms with Gasteiger partial charge in [0.05, 0.1) is 13.0 Å². The van der Waals surface area contributed by atoms with E-state index in [4.69, 9.17) is 10.5 Å². The van der Waals surface area contributed by atoms with Gasteiger partial charge < -0.3 is 10.5 Å². The summed E-state index contributed by atoms with van der Waals surface area (Å²) in [7, 11) is 0. The molecule has 0 spiro atoms. The van der Waals surface area contributed by atoms with Crippen LogP contribution in [0.15, 0.2) is 17.1 Å². The Bertz CT molecular complexity index is 233. The van der Waals surface area contributed by atoms with Crippen molar-refractivity contribution in [3.8, 4) is 0 Å². The predicted octanol–water partition coefficient (Wildman–Crippen LogP) is 0.237. The highest BCUT2D eigenvalue weighted by molar-refractivity contribution is 5.97. The van der Waals surface area contributed by atoms with Gasteiger partial charge in [0.25, 0.3) is 0 Å². The second-order valence-electron chi connectivity index (χ2n) is 2.62. The van der Waals surface area contributed by atoms with Gasteiger partial charge in [-0.05, 0) is 0 Å². The van der Waals surface area contributed by atoms with Gasteiger partial charge >= 0.3 is 0 Å². The van der Waals surface area contributed by atoms with Crippen LogP contribution in [0.3, 0.4) is 0 Å². The minimum Gasteiger partial charge on any atom is -0.481 e. The maximum atomic E-state index is 10.6. The maximum Gasteiger partial charge on any atom is 0.244 e. The van der Waals surface area contributed by atoms with Crippen LogP contribution in [0.1, 0.15) is 12.8 Å². The van der Waals surface area contributed by atoms with Gasteiger partial charge in [0.1, 0.15) is 0 Å². The van der Waals surface area contributed by atoms with E-state index in [1.165, 1.54) is 0 Å². The van der Waals surface area contributed by atoms with Gasteiger partial charge in [0, 0.05) is 18.5 Å². The van der Waals surface area contributed by atoms with Crippen molar-refractivity contribution in [1.29, 1.82) is 0 Å². The molecule has 1 rings (SSSR count). The van der Waals surface area contributed by atoms with Crippen molar-refractivity contribution in [1.82, 2.24) is 0 Å². The van der Waals surface area contributed by atoms with E-state index < -0.39 is 5.91 Å². The number of rotatable bonds is 3. The topological polar surface area (TPSA) is 64.7 Å². The summed E-state index contributed by atoms with van der Waals surface area (Å²) < 4.78 is 5.18. The van der Waals surface area contributed by atoms with Crippen molar-refractivity contribution in [3.63, 3.8) is 0 Å². The molecule has 0 saturated heterocycles. The summed E-state index contributed by atoms with van der Waals surface area (Å²) in [6, 6.07) is 0. The van der Waals surface area contributed by atoms with E-state index >= 15 is 0 Å². The summed E-state index contributed by atoms with van der Waals surface area (Å²) in [6.45, 7) is 4.95. The number of hydrogen-bond donors (Lipinski definition) is 1. The van der Waals surface area contributed by atoms with Gasteiger partial charge in [0.15, 0.2) is 5.90 Å². The molecule has 0 aromatic carbocycles. The molecular formula is C8H12N2O2. The Morgan fingerprint density at radius 1 is 1.75 bits per heavy atom. The lowest BCUT2D eigenvalue weighted by Gasteiger charge is -2.13. The SMILES string of the molecule is C=C(CC1=NCCCO1)C(N)=O. The third kappa shape index (κ3) is 2.38. The van der Waals surface area contributed by atoms with Crippen LogP contribution in [0.2, 0.25) is 0 Å². The summed E-state index contributed by atoms with van der Waals surface area (Å²) in [5.74, 6) is 0.0805. The Balaban J connectivity index is 2.44. The molecule has 2 N–H and O–H groups in total. The first-order chi connectivity index (χ1) is 5.70. The quantitative estimate of drug-likeness (QED) is 0.613. The van der Waals surface area contributed by atoms with Crippen LogP contribution in [-0.4, -0.2) is 25.0 Å². The number of nitrogens with zero attached hydrogens (tertiary/aromatic N) is 1. The number of primary amides is 1. The summed E-state index contributed by atoms with van der Waals surface area (Å²) >= 11 is 0. The molecule has 0 fully saturated rings. The van der Waals surface area contributed by atoms with Crippen LogP contribution in [0, 0.1) is 0 Å². The molecule has 0 bridgehead atoms. The molecule has 0 unspecified atom stereocenters.